The standard InChI is InChI=1S/CH6N4O.CH6N4S.2CH4.H4N2/c2*2-4-1(6)5-3;;;1-2/h2*2-3H2,(H2,4,5,6);2*1H4;1-2H2. The van der Waals surface area contributed by atoms with Crippen molar-refractivity contribution in [3.05, 3.63) is 0 Å². The van der Waals surface area contributed by atoms with Gasteiger partial charge in [0.15, 0.2) is 5.11 Å². The first-order valence-corrected chi connectivity index (χ1v) is 3.30. The van der Waals surface area contributed by atoms with Crippen LogP contribution in [0.4, 0.5) is 4.79 Å². The number of nitrogens with two attached hydrogens (primary N) is 6. The Balaban J connectivity index is -0.0000000393. The van der Waals surface area contributed by atoms with Gasteiger partial charge in [0.1, 0.15) is 0 Å². The van der Waals surface area contributed by atoms with Gasteiger partial charge in [-0.1, -0.05) is 14.9 Å². The van der Waals surface area contributed by atoms with E-state index in [1.165, 1.54) is 0 Å². The SMILES string of the molecule is C.C.NN.NNC(=O)NN.NNC(=S)NN. The Kier molecular flexibility index (Phi) is 53.5. The third-order valence-corrected chi connectivity index (χ3v) is 0.760. The molecule has 0 atom stereocenters. The maximum absolute atomic E-state index is 9.71. The number of thiocarbonyl (C=S) groups is 1. The first-order valence-electron chi connectivity index (χ1n) is 2.90. The van der Waals surface area contributed by atoms with Gasteiger partial charge in [-0.3, -0.25) is 33.4 Å². The molecule has 0 saturated heterocycles. The summed E-state index contributed by atoms with van der Waals surface area (Å²) in [6.07, 6.45) is 0. The number of amides is 2. The maximum atomic E-state index is 9.71. The number of hydrazine groups is 5. The van der Waals surface area contributed by atoms with Crippen LogP contribution in [0, 0.1) is 0 Å². The molecule has 0 aromatic heterocycles. The summed E-state index contributed by atoms with van der Waals surface area (Å²) in [5.41, 5.74) is 7.70. The summed E-state index contributed by atoms with van der Waals surface area (Å²) in [4.78, 5) is 9.71. The van der Waals surface area contributed by atoms with E-state index in [0.29, 0.717) is 0 Å². The van der Waals surface area contributed by atoms with E-state index in [1.54, 1.807) is 10.9 Å². The molecule has 0 rings (SSSR count). The van der Waals surface area contributed by atoms with Crippen LogP contribution in [0.1, 0.15) is 14.9 Å². The molecule has 0 aromatic rings. The predicted molar refractivity (Wildman–Crippen MR) is 69.1 cm³/mol. The summed E-state index contributed by atoms with van der Waals surface area (Å²) in [7, 11) is 0. The van der Waals surface area contributed by atoms with Gasteiger partial charge in [0, 0.05) is 0 Å². The smallest absolute Gasteiger partial charge is 0.300 e. The van der Waals surface area contributed by atoms with Gasteiger partial charge in [-0.15, -0.1) is 0 Å². The lowest BCUT2D eigenvalue weighted by Gasteiger charge is -1.95. The molecule has 16 N–H and O–H groups in total. The van der Waals surface area contributed by atoms with Gasteiger partial charge in [0.25, 0.3) is 0 Å². The third kappa shape index (κ3) is 38.7. The lowest BCUT2D eigenvalue weighted by Crippen LogP contribution is -2.43. The fourth-order valence-electron chi connectivity index (χ4n) is 0.0833. The van der Waals surface area contributed by atoms with E-state index in [9.17, 15) is 4.79 Å². The Bertz CT molecular complexity index is 115. The van der Waals surface area contributed by atoms with E-state index in [2.05, 4.69) is 46.4 Å². The molecular formula is C4H24N10OS. The van der Waals surface area contributed by atoms with E-state index in [1.807, 2.05) is 0 Å². The fraction of sp³-hybridized carbons (Fsp3) is 0.500. The average Bonchev–Trinajstić information content (AvgIpc) is 2.30. The lowest BCUT2D eigenvalue weighted by atomic mass is 11.1. The Morgan fingerprint density at radius 1 is 0.812 bits per heavy atom. The first kappa shape index (κ1) is 29.3. The highest BCUT2D eigenvalue weighted by Gasteiger charge is 1.83. The number of rotatable bonds is 0. The average molecular weight is 260 g/mol. The quantitative estimate of drug-likeness (QED) is 0.0888. The van der Waals surface area contributed by atoms with Crippen molar-refractivity contribution < 1.29 is 4.79 Å². The van der Waals surface area contributed by atoms with Crippen molar-refractivity contribution in [3.63, 3.8) is 0 Å². The molecule has 0 unspecified atom stereocenters. The topological polar surface area (TPSA) is 221 Å². The number of hydrogen-bond acceptors (Lipinski definition) is 8. The van der Waals surface area contributed by atoms with Crippen LogP contribution >= 0.6 is 12.2 Å². The molecule has 102 valence electrons. The maximum Gasteiger partial charge on any atom is 0.343 e. The Morgan fingerprint density at radius 2 is 1.06 bits per heavy atom. The van der Waals surface area contributed by atoms with Gasteiger partial charge in [-0.25, -0.2) is 28.2 Å². The second-order valence-corrected chi connectivity index (χ2v) is 1.64. The lowest BCUT2D eigenvalue weighted by molar-refractivity contribution is 0.241. The second kappa shape index (κ2) is 29.2. The summed E-state index contributed by atoms with van der Waals surface area (Å²) in [6, 6.07) is -0.602. The Morgan fingerprint density at radius 3 is 1.06 bits per heavy atom. The highest BCUT2D eigenvalue weighted by molar-refractivity contribution is 7.80. The minimum Gasteiger partial charge on any atom is -0.300 e. The van der Waals surface area contributed by atoms with Crippen LogP contribution < -0.4 is 56.8 Å². The zero-order chi connectivity index (χ0) is 12.0. The van der Waals surface area contributed by atoms with Crippen LogP contribution in [0.5, 0.6) is 0 Å². The molecule has 0 aromatic carbocycles. The van der Waals surface area contributed by atoms with Gasteiger partial charge < -0.3 is 0 Å². The molecule has 0 spiro atoms. The van der Waals surface area contributed by atoms with Gasteiger partial charge in [0.05, 0.1) is 0 Å². The molecule has 0 aliphatic carbocycles. The molecule has 12 heteroatoms. The summed E-state index contributed by atoms with van der Waals surface area (Å²) in [6.45, 7) is 0. The zero-order valence-electron chi connectivity index (χ0n) is 7.28. The number of hydrogen-bond donors (Lipinski definition) is 10. The van der Waals surface area contributed by atoms with Crippen LogP contribution in [-0.4, -0.2) is 11.1 Å². The molecule has 0 radical (unpaired) electrons. The Hall–Kier alpha value is -1.28. The molecule has 0 bridgehead atoms. The molecule has 0 heterocycles. The van der Waals surface area contributed by atoms with Crippen molar-refractivity contribution in [1.29, 1.82) is 0 Å². The predicted octanol–water partition coefficient (Wildman–Crippen LogP) is -3.68. The summed E-state index contributed by atoms with van der Waals surface area (Å²) < 4.78 is 0. The first-order chi connectivity index (χ1) is 6.62. The molecule has 0 aliphatic rings. The van der Waals surface area contributed by atoms with Crippen molar-refractivity contribution in [3.8, 4) is 0 Å². The molecule has 11 nitrogen and oxygen atoms in total. The zero-order valence-corrected chi connectivity index (χ0v) is 8.10. The van der Waals surface area contributed by atoms with Crippen LogP contribution in [0.25, 0.3) is 0 Å². The number of urea groups is 1. The molecule has 2 amide bonds. The summed E-state index contributed by atoms with van der Waals surface area (Å²) in [5, 5.41) is 0.231. The van der Waals surface area contributed by atoms with Crippen molar-refractivity contribution in [2.24, 2.45) is 35.1 Å². The van der Waals surface area contributed by atoms with Crippen molar-refractivity contribution in [2.75, 3.05) is 0 Å². The third-order valence-electron chi connectivity index (χ3n) is 0.524. The largest absolute Gasteiger partial charge is 0.343 e. The van der Waals surface area contributed by atoms with E-state index in [-0.39, 0.29) is 20.0 Å². The minimum absolute atomic E-state index is 0. The van der Waals surface area contributed by atoms with Crippen molar-refractivity contribution in [2.45, 2.75) is 14.9 Å². The van der Waals surface area contributed by atoms with Gasteiger partial charge in [-0.05, 0) is 12.2 Å². The highest BCUT2D eigenvalue weighted by atomic mass is 32.1. The Labute approximate surface area is 100 Å². The number of carbonyl (C=O) groups excluding carboxylic acids is 1. The van der Waals surface area contributed by atoms with Crippen molar-refractivity contribution >= 4 is 23.4 Å². The van der Waals surface area contributed by atoms with Crippen LogP contribution in [0.15, 0.2) is 0 Å². The van der Waals surface area contributed by atoms with Gasteiger partial charge in [0.2, 0.25) is 0 Å². The molecule has 0 saturated carbocycles. The number of carbonyl (C=O) groups is 1. The van der Waals surface area contributed by atoms with E-state index in [4.69, 9.17) is 11.7 Å². The molecular weight excluding hydrogens is 236 g/mol. The van der Waals surface area contributed by atoms with E-state index < -0.39 is 6.03 Å². The van der Waals surface area contributed by atoms with Gasteiger partial charge >= 0.3 is 6.03 Å². The van der Waals surface area contributed by atoms with Gasteiger partial charge in [-0.2, -0.15) is 0 Å². The summed E-state index contributed by atoms with van der Waals surface area (Å²) in [5.74, 6) is 26.6. The second-order valence-electron chi connectivity index (χ2n) is 1.24. The number of nitrogens with one attached hydrogen (secondary N) is 4. The fourth-order valence-corrected chi connectivity index (χ4v) is 0.0833. The van der Waals surface area contributed by atoms with Crippen LogP contribution in [0.2, 0.25) is 0 Å². The molecule has 16 heavy (non-hydrogen) atoms. The van der Waals surface area contributed by atoms with E-state index >= 15 is 0 Å². The normalized spacial score (nSPS) is 5.62. The summed E-state index contributed by atoms with van der Waals surface area (Å²) >= 11 is 4.38. The minimum atomic E-state index is -0.602. The molecule has 0 aliphatic heterocycles. The highest BCUT2D eigenvalue weighted by Crippen LogP contribution is 1.47. The monoisotopic (exact) mass is 260 g/mol. The van der Waals surface area contributed by atoms with Crippen LogP contribution in [0.3, 0.4) is 0 Å². The van der Waals surface area contributed by atoms with E-state index in [0.717, 1.165) is 0 Å². The van der Waals surface area contributed by atoms with Crippen LogP contribution in [-0.2, 0) is 0 Å². The molecule has 0 fully saturated rings. The van der Waals surface area contributed by atoms with Crippen molar-refractivity contribution in [1.82, 2.24) is 21.7 Å².